The largest absolute Gasteiger partial charge is 0.504 e. The van der Waals surface area contributed by atoms with Crippen LogP contribution in [0.1, 0.15) is 5.56 Å². The number of ether oxygens (including phenoxy) is 1. The van der Waals surface area contributed by atoms with Gasteiger partial charge in [0.15, 0.2) is 0 Å². The summed E-state index contributed by atoms with van der Waals surface area (Å²) in [5, 5.41) is 1.06. The first-order valence-corrected chi connectivity index (χ1v) is 5.04. The number of benzene rings is 1. The molecule has 70 valence electrons. The number of hydrogen-bond donors (Lipinski definition) is 0. The lowest BCUT2D eigenvalue weighted by molar-refractivity contribution is 0.341. The third kappa shape index (κ3) is 2.90. The van der Waals surface area contributed by atoms with E-state index in [4.69, 9.17) is 27.9 Å². The number of halogens is 3. The highest BCUT2D eigenvalue weighted by Crippen LogP contribution is 2.29. The van der Waals surface area contributed by atoms with Gasteiger partial charge in [-0.1, -0.05) is 39.1 Å². The van der Waals surface area contributed by atoms with Gasteiger partial charge < -0.3 is 4.74 Å². The second-order valence-electron chi connectivity index (χ2n) is 2.33. The predicted molar refractivity (Wildman–Crippen MR) is 60.2 cm³/mol. The summed E-state index contributed by atoms with van der Waals surface area (Å²) in [6, 6.07) is 3.52. The molecule has 1 aromatic carbocycles. The smallest absolute Gasteiger partial charge is 0.0830 e. The molecule has 0 aliphatic heterocycles. The molecule has 0 aromatic heterocycles. The Balaban J connectivity index is 3.08. The van der Waals surface area contributed by atoms with Gasteiger partial charge in [0, 0.05) is 4.47 Å². The van der Waals surface area contributed by atoms with Gasteiger partial charge in [-0.2, -0.15) is 0 Å². The third-order valence-corrected chi connectivity index (χ3v) is 2.83. The minimum absolute atomic E-state index is 0.528. The average Bonchev–Trinajstić information content (AvgIpc) is 2.09. The van der Waals surface area contributed by atoms with E-state index in [1.54, 1.807) is 31.6 Å². The molecule has 0 saturated heterocycles. The lowest BCUT2D eigenvalue weighted by Crippen LogP contribution is -1.78. The number of rotatable bonds is 2. The van der Waals surface area contributed by atoms with E-state index in [1.165, 1.54) is 0 Å². The van der Waals surface area contributed by atoms with Gasteiger partial charge in [-0.25, -0.2) is 0 Å². The molecule has 0 unspecified atom stereocenters. The predicted octanol–water partition coefficient (Wildman–Crippen LogP) is 4.37. The van der Waals surface area contributed by atoms with Crippen molar-refractivity contribution in [2.75, 3.05) is 7.11 Å². The van der Waals surface area contributed by atoms with Crippen LogP contribution in [0.4, 0.5) is 0 Å². The summed E-state index contributed by atoms with van der Waals surface area (Å²) in [6.45, 7) is 0. The van der Waals surface area contributed by atoms with Crippen molar-refractivity contribution in [3.8, 4) is 0 Å². The lowest BCUT2D eigenvalue weighted by atomic mass is 10.2. The van der Waals surface area contributed by atoms with Crippen molar-refractivity contribution in [3.63, 3.8) is 0 Å². The molecule has 0 radical (unpaired) electrons. The molecule has 0 heterocycles. The maximum Gasteiger partial charge on any atom is 0.0830 e. The molecule has 13 heavy (non-hydrogen) atoms. The molecule has 1 rings (SSSR count). The van der Waals surface area contributed by atoms with E-state index in [2.05, 4.69) is 15.9 Å². The van der Waals surface area contributed by atoms with E-state index in [-0.39, 0.29) is 0 Å². The Morgan fingerprint density at radius 2 is 1.92 bits per heavy atom. The summed E-state index contributed by atoms with van der Waals surface area (Å²) in [5.41, 5.74) is 0.927. The normalized spacial score (nSPS) is 10.8. The Labute approximate surface area is 95.4 Å². The van der Waals surface area contributed by atoms with E-state index < -0.39 is 0 Å². The fourth-order valence-electron chi connectivity index (χ4n) is 0.807. The van der Waals surface area contributed by atoms with E-state index in [1.807, 2.05) is 0 Å². The van der Waals surface area contributed by atoms with Crippen LogP contribution in [0.3, 0.4) is 0 Å². The van der Waals surface area contributed by atoms with Crippen LogP contribution in [0, 0.1) is 0 Å². The molecule has 4 heteroatoms. The van der Waals surface area contributed by atoms with Crippen LogP contribution < -0.4 is 0 Å². The van der Waals surface area contributed by atoms with Crippen molar-refractivity contribution in [3.05, 3.63) is 38.5 Å². The zero-order chi connectivity index (χ0) is 9.84. The highest BCUT2D eigenvalue weighted by atomic mass is 79.9. The van der Waals surface area contributed by atoms with E-state index in [0.717, 1.165) is 10.0 Å². The molecular weight excluding hydrogens is 275 g/mol. The third-order valence-electron chi connectivity index (χ3n) is 1.42. The van der Waals surface area contributed by atoms with Gasteiger partial charge in [0.25, 0.3) is 0 Å². The van der Waals surface area contributed by atoms with Crippen LogP contribution in [-0.2, 0) is 4.74 Å². The number of hydrogen-bond acceptors (Lipinski definition) is 1. The van der Waals surface area contributed by atoms with Crippen LogP contribution in [0.25, 0.3) is 6.08 Å². The van der Waals surface area contributed by atoms with Gasteiger partial charge in [-0.15, -0.1) is 0 Å². The van der Waals surface area contributed by atoms with Crippen LogP contribution in [0.5, 0.6) is 0 Å². The van der Waals surface area contributed by atoms with Gasteiger partial charge in [0.2, 0.25) is 0 Å². The van der Waals surface area contributed by atoms with E-state index in [0.29, 0.717) is 10.0 Å². The Morgan fingerprint density at radius 3 is 2.54 bits per heavy atom. The minimum Gasteiger partial charge on any atom is -0.504 e. The highest BCUT2D eigenvalue weighted by Gasteiger charge is 2.02. The van der Waals surface area contributed by atoms with Crippen LogP contribution >= 0.6 is 39.1 Å². The summed E-state index contributed by atoms with van der Waals surface area (Å²) in [4.78, 5) is 0. The van der Waals surface area contributed by atoms with Gasteiger partial charge in [-0.05, 0) is 23.8 Å². The van der Waals surface area contributed by atoms with E-state index >= 15 is 0 Å². The second-order valence-corrected chi connectivity index (χ2v) is 4.00. The second kappa shape index (κ2) is 4.89. The van der Waals surface area contributed by atoms with Crippen molar-refractivity contribution >= 4 is 45.2 Å². The molecule has 0 saturated carbocycles. The molecule has 1 aromatic rings. The maximum absolute atomic E-state index is 5.84. The Morgan fingerprint density at radius 1 is 1.31 bits per heavy atom. The Kier molecular flexibility index (Phi) is 4.10. The zero-order valence-electron chi connectivity index (χ0n) is 6.85. The summed E-state index contributed by atoms with van der Waals surface area (Å²) in [5.74, 6) is 0. The average molecular weight is 282 g/mol. The Bertz CT molecular complexity index is 337. The highest BCUT2D eigenvalue weighted by molar-refractivity contribution is 9.10. The molecule has 0 aliphatic rings. The molecule has 0 aliphatic carbocycles. The van der Waals surface area contributed by atoms with Crippen molar-refractivity contribution in [2.24, 2.45) is 0 Å². The van der Waals surface area contributed by atoms with Crippen LogP contribution in [0.2, 0.25) is 10.0 Å². The molecular formula is C9H7BrCl2O. The number of methoxy groups -OCH3 is 1. The standard InChI is InChI=1S/C9H7BrCl2O/c1-13-3-2-6-4-8(11)9(12)5-7(6)10/h2-5H,1H3. The van der Waals surface area contributed by atoms with Gasteiger partial charge >= 0.3 is 0 Å². The molecule has 1 nitrogen and oxygen atoms in total. The molecule has 0 spiro atoms. The van der Waals surface area contributed by atoms with Gasteiger partial charge in [0.1, 0.15) is 0 Å². The summed E-state index contributed by atoms with van der Waals surface area (Å²) < 4.78 is 5.68. The van der Waals surface area contributed by atoms with E-state index in [9.17, 15) is 0 Å². The van der Waals surface area contributed by atoms with Crippen molar-refractivity contribution < 1.29 is 4.74 Å². The van der Waals surface area contributed by atoms with Crippen molar-refractivity contribution in [1.82, 2.24) is 0 Å². The topological polar surface area (TPSA) is 9.23 Å². The summed E-state index contributed by atoms with van der Waals surface area (Å²) >= 11 is 15.0. The first-order chi connectivity index (χ1) is 6.15. The fraction of sp³-hybridized carbons (Fsp3) is 0.111. The summed E-state index contributed by atoms with van der Waals surface area (Å²) in [6.07, 6.45) is 3.37. The van der Waals surface area contributed by atoms with Crippen LogP contribution in [0.15, 0.2) is 22.9 Å². The van der Waals surface area contributed by atoms with Gasteiger partial charge in [-0.3, -0.25) is 0 Å². The quantitative estimate of drug-likeness (QED) is 0.578. The lowest BCUT2D eigenvalue weighted by Gasteiger charge is -2.01. The maximum atomic E-state index is 5.84. The summed E-state index contributed by atoms with van der Waals surface area (Å²) in [7, 11) is 1.59. The SMILES string of the molecule is COC=Cc1cc(Cl)c(Cl)cc1Br. The Hall–Kier alpha value is -0.180. The zero-order valence-corrected chi connectivity index (χ0v) is 9.95. The monoisotopic (exact) mass is 280 g/mol. The first kappa shape index (κ1) is 10.9. The molecule has 0 atom stereocenters. The van der Waals surface area contributed by atoms with Crippen molar-refractivity contribution in [1.29, 1.82) is 0 Å². The fourth-order valence-corrected chi connectivity index (χ4v) is 1.75. The minimum atomic E-state index is 0.528. The molecule has 0 fully saturated rings. The van der Waals surface area contributed by atoms with Crippen LogP contribution in [-0.4, -0.2) is 7.11 Å². The molecule has 0 bridgehead atoms. The first-order valence-electron chi connectivity index (χ1n) is 3.49. The molecule has 0 amide bonds. The van der Waals surface area contributed by atoms with Gasteiger partial charge in [0.05, 0.1) is 23.4 Å². The molecule has 0 N–H and O–H groups in total. The van der Waals surface area contributed by atoms with Crippen molar-refractivity contribution in [2.45, 2.75) is 0 Å².